The van der Waals surface area contributed by atoms with Gasteiger partial charge in [-0.05, 0) is 46.7 Å². The van der Waals surface area contributed by atoms with Crippen LogP contribution in [0.3, 0.4) is 0 Å². The highest BCUT2D eigenvalue weighted by Gasteiger charge is 2.13. The van der Waals surface area contributed by atoms with E-state index in [-0.39, 0.29) is 18.5 Å². The van der Waals surface area contributed by atoms with Crippen LogP contribution in [-0.4, -0.2) is 26.2 Å². The summed E-state index contributed by atoms with van der Waals surface area (Å²) in [6, 6.07) is 12.4. The van der Waals surface area contributed by atoms with Crippen molar-refractivity contribution in [1.82, 2.24) is 9.71 Å². The number of aromatic amines is 1. The summed E-state index contributed by atoms with van der Waals surface area (Å²) in [5.41, 5.74) is 2.54. The van der Waals surface area contributed by atoms with Crippen LogP contribution in [0.25, 0.3) is 32.1 Å². The molecule has 2 aromatic heterocycles. The van der Waals surface area contributed by atoms with Crippen molar-refractivity contribution in [2.45, 2.75) is 6.42 Å². The van der Waals surface area contributed by atoms with Gasteiger partial charge in [0, 0.05) is 22.8 Å². The number of rotatable bonds is 5. The Morgan fingerprint density at radius 2 is 2.00 bits per heavy atom. The van der Waals surface area contributed by atoms with Gasteiger partial charge in [0.25, 0.3) is 5.56 Å². The van der Waals surface area contributed by atoms with Gasteiger partial charge in [-0.15, -0.1) is 11.3 Å². The molecule has 28 heavy (non-hydrogen) atoms. The van der Waals surface area contributed by atoms with Gasteiger partial charge in [-0.2, -0.15) is 0 Å². The van der Waals surface area contributed by atoms with E-state index in [9.17, 15) is 17.6 Å². The monoisotopic (exact) mass is 416 g/mol. The average molecular weight is 416 g/mol. The van der Waals surface area contributed by atoms with E-state index >= 15 is 0 Å². The molecule has 0 fully saturated rings. The Morgan fingerprint density at radius 3 is 2.75 bits per heavy atom. The number of pyridine rings is 1. The normalized spacial score (nSPS) is 12.1. The molecule has 0 amide bonds. The fourth-order valence-electron chi connectivity index (χ4n) is 3.34. The summed E-state index contributed by atoms with van der Waals surface area (Å²) < 4.78 is 39.9. The highest BCUT2D eigenvalue weighted by molar-refractivity contribution is 7.88. The number of nitrogens with one attached hydrogen (secondary N) is 2. The molecule has 0 saturated carbocycles. The fraction of sp³-hybridized carbons (Fsp3) is 0.150. The molecule has 0 radical (unpaired) electrons. The standard InChI is InChI=1S/C20H17FN2O3S2/c1-28(25,26)22-9-7-12-5-6-13(11-16(12)21)14-3-2-4-17-18(14)15-8-10-27-19(15)20(24)23-17/h2-6,8,10-11,22H,7,9H2,1H3,(H,23,24). The number of fused-ring (bicyclic) bond motifs is 3. The highest BCUT2D eigenvalue weighted by Crippen LogP contribution is 2.34. The molecule has 0 saturated heterocycles. The first kappa shape index (κ1) is 18.8. The Balaban J connectivity index is 1.77. The minimum absolute atomic E-state index is 0.130. The van der Waals surface area contributed by atoms with Crippen molar-refractivity contribution in [1.29, 1.82) is 0 Å². The summed E-state index contributed by atoms with van der Waals surface area (Å²) in [6.07, 6.45) is 1.33. The minimum atomic E-state index is -3.30. The van der Waals surface area contributed by atoms with Crippen LogP contribution in [0.4, 0.5) is 4.39 Å². The second-order valence-electron chi connectivity index (χ2n) is 6.57. The zero-order valence-corrected chi connectivity index (χ0v) is 16.6. The van der Waals surface area contributed by atoms with Crippen molar-refractivity contribution in [3.05, 3.63) is 69.6 Å². The second kappa shape index (κ2) is 7.12. The molecule has 144 valence electrons. The van der Waals surface area contributed by atoms with Crippen LogP contribution in [-0.2, 0) is 16.4 Å². The maximum atomic E-state index is 14.6. The molecule has 0 spiro atoms. The third-order valence-electron chi connectivity index (χ3n) is 4.58. The molecule has 0 aliphatic carbocycles. The van der Waals surface area contributed by atoms with Crippen LogP contribution in [0.15, 0.2) is 52.6 Å². The van der Waals surface area contributed by atoms with Crippen molar-refractivity contribution in [3.63, 3.8) is 0 Å². The number of aromatic nitrogens is 1. The number of sulfonamides is 1. The van der Waals surface area contributed by atoms with E-state index in [1.54, 1.807) is 6.07 Å². The van der Waals surface area contributed by atoms with E-state index in [2.05, 4.69) is 9.71 Å². The van der Waals surface area contributed by atoms with Crippen molar-refractivity contribution < 1.29 is 12.8 Å². The number of H-pyrrole nitrogens is 1. The summed E-state index contributed by atoms with van der Waals surface area (Å²) in [5.74, 6) is -0.393. The molecule has 0 atom stereocenters. The highest BCUT2D eigenvalue weighted by atomic mass is 32.2. The summed E-state index contributed by atoms with van der Waals surface area (Å²) in [4.78, 5) is 15.1. The average Bonchev–Trinajstić information content (AvgIpc) is 3.12. The van der Waals surface area contributed by atoms with Gasteiger partial charge in [0.2, 0.25) is 10.0 Å². The number of hydrogen-bond donors (Lipinski definition) is 2. The van der Waals surface area contributed by atoms with Crippen LogP contribution in [0.1, 0.15) is 5.56 Å². The van der Waals surface area contributed by atoms with Crippen LogP contribution in [0.5, 0.6) is 0 Å². The van der Waals surface area contributed by atoms with Gasteiger partial charge in [-0.1, -0.05) is 24.3 Å². The van der Waals surface area contributed by atoms with Crippen molar-refractivity contribution in [2.24, 2.45) is 0 Å². The first-order chi connectivity index (χ1) is 13.3. The van der Waals surface area contributed by atoms with E-state index in [1.165, 1.54) is 17.4 Å². The summed E-state index contributed by atoms with van der Waals surface area (Å²) in [5, 5.41) is 3.60. The summed E-state index contributed by atoms with van der Waals surface area (Å²) in [6.45, 7) is 0.139. The van der Waals surface area contributed by atoms with Gasteiger partial charge in [0.15, 0.2) is 0 Å². The molecule has 4 aromatic rings. The number of benzene rings is 2. The lowest BCUT2D eigenvalue weighted by Crippen LogP contribution is -2.24. The number of halogens is 1. The molecular weight excluding hydrogens is 399 g/mol. The zero-order chi connectivity index (χ0) is 19.9. The van der Waals surface area contributed by atoms with E-state index in [1.807, 2.05) is 35.7 Å². The first-order valence-electron chi connectivity index (χ1n) is 8.59. The van der Waals surface area contributed by atoms with E-state index in [0.29, 0.717) is 21.3 Å². The summed E-state index contributed by atoms with van der Waals surface area (Å²) in [7, 11) is -3.30. The Bertz CT molecular complexity index is 1360. The van der Waals surface area contributed by atoms with Crippen LogP contribution in [0.2, 0.25) is 0 Å². The Morgan fingerprint density at radius 1 is 1.18 bits per heavy atom. The predicted octanol–water partition coefficient (Wildman–Crippen LogP) is 3.64. The van der Waals surface area contributed by atoms with E-state index < -0.39 is 15.8 Å². The molecule has 0 bridgehead atoms. The first-order valence-corrected chi connectivity index (χ1v) is 11.4. The van der Waals surface area contributed by atoms with Gasteiger partial charge in [-0.25, -0.2) is 17.5 Å². The lowest BCUT2D eigenvalue weighted by Gasteiger charge is -2.10. The largest absolute Gasteiger partial charge is 0.321 e. The van der Waals surface area contributed by atoms with Crippen molar-refractivity contribution >= 4 is 42.3 Å². The lowest BCUT2D eigenvalue weighted by atomic mass is 9.97. The molecule has 2 heterocycles. The minimum Gasteiger partial charge on any atom is -0.321 e. The number of hydrogen-bond acceptors (Lipinski definition) is 4. The lowest BCUT2D eigenvalue weighted by molar-refractivity contribution is 0.583. The summed E-state index contributed by atoms with van der Waals surface area (Å²) >= 11 is 1.38. The van der Waals surface area contributed by atoms with Crippen LogP contribution < -0.4 is 10.3 Å². The molecule has 2 aromatic carbocycles. The molecular formula is C20H17FN2O3S2. The molecule has 0 unspecified atom stereocenters. The van der Waals surface area contributed by atoms with Gasteiger partial charge in [0.1, 0.15) is 10.5 Å². The van der Waals surface area contributed by atoms with E-state index in [0.717, 1.165) is 22.6 Å². The molecule has 4 rings (SSSR count). The molecule has 2 N–H and O–H groups in total. The van der Waals surface area contributed by atoms with Gasteiger partial charge in [0.05, 0.1) is 6.26 Å². The third-order valence-corrected chi connectivity index (χ3v) is 6.22. The molecule has 0 aliphatic rings. The fourth-order valence-corrected chi connectivity index (χ4v) is 4.61. The van der Waals surface area contributed by atoms with Gasteiger partial charge >= 0.3 is 0 Å². The molecule has 0 aliphatic heterocycles. The second-order valence-corrected chi connectivity index (χ2v) is 9.32. The third kappa shape index (κ3) is 3.58. The van der Waals surface area contributed by atoms with Crippen molar-refractivity contribution in [3.8, 4) is 11.1 Å². The van der Waals surface area contributed by atoms with Crippen molar-refractivity contribution in [2.75, 3.05) is 12.8 Å². The maximum Gasteiger partial charge on any atom is 0.266 e. The topological polar surface area (TPSA) is 79.0 Å². The van der Waals surface area contributed by atoms with Crippen LogP contribution >= 0.6 is 11.3 Å². The van der Waals surface area contributed by atoms with Gasteiger partial charge in [-0.3, -0.25) is 4.79 Å². The maximum absolute atomic E-state index is 14.6. The smallest absolute Gasteiger partial charge is 0.266 e. The van der Waals surface area contributed by atoms with E-state index in [4.69, 9.17) is 0 Å². The SMILES string of the molecule is CS(=O)(=O)NCCc1ccc(-c2cccc3[nH]c(=O)c4sccc4c23)cc1F. The number of thiophene rings is 1. The quantitative estimate of drug-likeness (QED) is 0.521. The van der Waals surface area contributed by atoms with Crippen LogP contribution in [0, 0.1) is 5.82 Å². The predicted molar refractivity (Wildman–Crippen MR) is 112 cm³/mol. The molecule has 8 heteroatoms. The van der Waals surface area contributed by atoms with Gasteiger partial charge < -0.3 is 4.98 Å². The molecule has 5 nitrogen and oxygen atoms in total. The zero-order valence-electron chi connectivity index (χ0n) is 15.0. The Labute approximate surface area is 164 Å². The Hall–Kier alpha value is -2.55. The Kier molecular flexibility index (Phi) is 4.78.